The Morgan fingerprint density at radius 2 is 1.95 bits per heavy atom. The Morgan fingerprint density at radius 1 is 1.24 bits per heavy atom. The zero-order chi connectivity index (χ0) is 14.7. The minimum absolute atomic E-state index is 0.214. The Hall–Kier alpha value is -1.46. The van der Waals surface area contributed by atoms with Crippen LogP contribution in [-0.2, 0) is 0 Å². The maximum Gasteiger partial charge on any atom is 0.269 e. The van der Waals surface area contributed by atoms with Crippen molar-refractivity contribution in [2.24, 2.45) is 5.92 Å². The van der Waals surface area contributed by atoms with E-state index in [9.17, 15) is 10.1 Å². The number of rotatable bonds is 4. The molecular weight excluding hydrogens is 266 g/mol. The number of non-ortho nitro benzene ring substituents is 1. The molecule has 3 rings (SSSR count). The lowest BCUT2D eigenvalue weighted by atomic mass is 9.89. The minimum Gasteiger partial charge on any atom is -0.314 e. The van der Waals surface area contributed by atoms with Crippen LogP contribution in [0, 0.1) is 16.0 Å². The first-order chi connectivity index (χ1) is 10.3. The summed E-state index contributed by atoms with van der Waals surface area (Å²) in [5, 5.41) is 14.4. The molecule has 2 aliphatic rings. The highest BCUT2D eigenvalue weighted by Gasteiger charge is 2.32. The van der Waals surface area contributed by atoms with Gasteiger partial charge in [-0.2, -0.15) is 0 Å². The van der Waals surface area contributed by atoms with Crippen molar-refractivity contribution < 1.29 is 4.92 Å². The smallest absolute Gasteiger partial charge is 0.269 e. The Kier molecular flexibility index (Phi) is 4.51. The van der Waals surface area contributed by atoms with Crippen LogP contribution in [0.5, 0.6) is 0 Å². The molecule has 0 amide bonds. The first-order valence-corrected chi connectivity index (χ1v) is 7.95. The standard InChI is InChI=1S/C16H23N3O2/c20-19(21)15-7-3-6-14(12-15)16(13-4-1-2-5-13)18-10-8-17-9-11-18/h3,6-7,12-13,16-17H,1-2,4-5,8-11H2/t16-/m0/s1. The zero-order valence-corrected chi connectivity index (χ0v) is 12.3. The van der Waals surface area contributed by atoms with Crippen molar-refractivity contribution in [1.29, 1.82) is 0 Å². The van der Waals surface area contributed by atoms with Crippen molar-refractivity contribution >= 4 is 5.69 Å². The van der Waals surface area contributed by atoms with Gasteiger partial charge in [-0.3, -0.25) is 15.0 Å². The Bertz CT molecular complexity index is 494. The van der Waals surface area contributed by atoms with Crippen LogP contribution in [0.15, 0.2) is 24.3 Å². The number of nitro groups is 1. The second-order valence-corrected chi connectivity index (χ2v) is 6.13. The fourth-order valence-corrected chi connectivity index (χ4v) is 3.84. The van der Waals surface area contributed by atoms with Crippen molar-refractivity contribution in [1.82, 2.24) is 10.2 Å². The van der Waals surface area contributed by atoms with Gasteiger partial charge >= 0.3 is 0 Å². The highest BCUT2D eigenvalue weighted by molar-refractivity contribution is 5.36. The summed E-state index contributed by atoms with van der Waals surface area (Å²) in [6, 6.07) is 7.61. The summed E-state index contributed by atoms with van der Waals surface area (Å²) in [5.41, 5.74) is 1.34. The molecule has 0 aromatic heterocycles. The Balaban J connectivity index is 1.89. The molecule has 0 spiro atoms. The minimum atomic E-state index is -0.285. The molecule has 1 heterocycles. The number of piperazine rings is 1. The molecule has 1 aliphatic heterocycles. The lowest BCUT2D eigenvalue weighted by Gasteiger charge is -2.38. The summed E-state index contributed by atoms with van der Waals surface area (Å²) in [5.74, 6) is 0.644. The molecule has 1 aliphatic carbocycles. The molecule has 0 bridgehead atoms. The van der Waals surface area contributed by atoms with Crippen LogP contribution >= 0.6 is 0 Å². The molecule has 1 N–H and O–H groups in total. The molecule has 1 atom stereocenters. The first kappa shape index (κ1) is 14.5. The third-order valence-corrected chi connectivity index (χ3v) is 4.81. The number of nitro benzene ring substituents is 1. The van der Waals surface area contributed by atoms with E-state index in [1.165, 1.54) is 25.7 Å². The molecule has 5 nitrogen and oxygen atoms in total. The quantitative estimate of drug-likeness (QED) is 0.684. The van der Waals surface area contributed by atoms with E-state index in [0.29, 0.717) is 12.0 Å². The number of hydrogen-bond acceptors (Lipinski definition) is 4. The molecule has 1 saturated heterocycles. The van der Waals surface area contributed by atoms with E-state index in [1.807, 2.05) is 6.07 Å². The highest BCUT2D eigenvalue weighted by atomic mass is 16.6. The topological polar surface area (TPSA) is 58.4 Å². The molecule has 1 saturated carbocycles. The summed E-state index contributed by atoms with van der Waals surface area (Å²) in [6.07, 6.45) is 5.08. The van der Waals surface area contributed by atoms with Crippen molar-refractivity contribution in [3.05, 3.63) is 39.9 Å². The van der Waals surface area contributed by atoms with Crippen LogP contribution in [0.4, 0.5) is 5.69 Å². The Labute approximate surface area is 125 Å². The highest BCUT2D eigenvalue weighted by Crippen LogP contribution is 2.40. The number of nitrogens with one attached hydrogen (secondary N) is 1. The van der Waals surface area contributed by atoms with Gasteiger partial charge in [-0.25, -0.2) is 0 Å². The van der Waals surface area contributed by atoms with Crippen LogP contribution in [0.25, 0.3) is 0 Å². The summed E-state index contributed by atoms with van der Waals surface area (Å²) >= 11 is 0. The largest absolute Gasteiger partial charge is 0.314 e. The SMILES string of the molecule is O=[N+]([O-])c1cccc([C@H](C2CCCC2)N2CCNCC2)c1. The molecule has 0 unspecified atom stereocenters. The van der Waals surface area contributed by atoms with Gasteiger partial charge in [-0.15, -0.1) is 0 Å². The monoisotopic (exact) mass is 289 g/mol. The van der Waals surface area contributed by atoms with Gasteiger partial charge in [0.25, 0.3) is 5.69 Å². The van der Waals surface area contributed by atoms with Crippen molar-refractivity contribution in [3.63, 3.8) is 0 Å². The summed E-state index contributed by atoms with van der Waals surface area (Å²) in [6.45, 7) is 4.09. The van der Waals surface area contributed by atoms with E-state index in [1.54, 1.807) is 12.1 Å². The van der Waals surface area contributed by atoms with Crippen LogP contribution in [0.1, 0.15) is 37.3 Å². The summed E-state index contributed by atoms with van der Waals surface area (Å²) in [7, 11) is 0. The van der Waals surface area contributed by atoms with Gasteiger partial charge in [0.15, 0.2) is 0 Å². The first-order valence-electron chi connectivity index (χ1n) is 7.95. The molecule has 1 aromatic carbocycles. The summed E-state index contributed by atoms with van der Waals surface area (Å²) < 4.78 is 0. The van der Waals surface area contributed by atoms with Gasteiger partial charge in [0.2, 0.25) is 0 Å². The fourth-order valence-electron chi connectivity index (χ4n) is 3.84. The van der Waals surface area contributed by atoms with E-state index in [0.717, 1.165) is 31.7 Å². The lowest BCUT2D eigenvalue weighted by Crippen LogP contribution is -2.46. The fraction of sp³-hybridized carbons (Fsp3) is 0.625. The average Bonchev–Trinajstić information content (AvgIpc) is 3.03. The number of benzene rings is 1. The number of hydrogen-bond donors (Lipinski definition) is 1. The molecule has 2 fully saturated rings. The van der Waals surface area contributed by atoms with E-state index >= 15 is 0 Å². The second kappa shape index (κ2) is 6.54. The third kappa shape index (κ3) is 3.24. The third-order valence-electron chi connectivity index (χ3n) is 4.81. The lowest BCUT2D eigenvalue weighted by molar-refractivity contribution is -0.385. The Morgan fingerprint density at radius 3 is 2.62 bits per heavy atom. The van der Waals surface area contributed by atoms with Crippen LogP contribution in [-0.4, -0.2) is 36.0 Å². The van der Waals surface area contributed by atoms with E-state index in [2.05, 4.69) is 16.3 Å². The van der Waals surface area contributed by atoms with Gasteiger partial charge in [0.1, 0.15) is 0 Å². The summed E-state index contributed by atoms with van der Waals surface area (Å²) in [4.78, 5) is 13.3. The van der Waals surface area contributed by atoms with E-state index in [4.69, 9.17) is 0 Å². The van der Waals surface area contributed by atoms with Crippen molar-refractivity contribution in [2.45, 2.75) is 31.7 Å². The van der Waals surface area contributed by atoms with Crippen LogP contribution in [0.3, 0.4) is 0 Å². The van der Waals surface area contributed by atoms with Gasteiger partial charge in [0, 0.05) is 44.4 Å². The van der Waals surface area contributed by atoms with Gasteiger partial charge in [-0.1, -0.05) is 25.0 Å². The second-order valence-electron chi connectivity index (χ2n) is 6.13. The van der Waals surface area contributed by atoms with E-state index < -0.39 is 0 Å². The van der Waals surface area contributed by atoms with Crippen LogP contribution < -0.4 is 5.32 Å². The average molecular weight is 289 g/mol. The number of nitrogens with zero attached hydrogens (tertiary/aromatic N) is 2. The molecule has 114 valence electrons. The molecule has 5 heteroatoms. The molecule has 21 heavy (non-hydrogen) atoms. The molecule has 1 aromatic rings. The van der Waals surface area contributed by atoms with Gasteiger partial charge in [-0.05, 0) is 24.3 Å². The maximum atomic E-state index is 11.1. The predicted molar refractivity (Wildman–Crippen MR) is 82.2 cm³/mol. The van der Waals surface area contributed by atoms with Crippen LogP contribution in [0.2, 0.25) is 0 Å². The zero-order valence-electron chi connectivity index (χ0n) is 12.3. The maximum absolute atomic E-state index is 11.1. The molecule has 0 radical (unpaired) electrons. The normalized spacial score (nSPS) is 22.3. The van der Waals surface area contributed by atoms with E-state index in [-0.39, 0.29) is 10.6 Å². The van der Waals surface area contributed by atoms with Gasteiger partial charge in [0.05, 0.1) is 4.92 Å². The van der Waals surface area contributed by atoms with Crippen molar-refractivity contribution in [3.8, 4) is 0 Å². The van der Waals surface area contributed by atoms with Gasteiger partial charge < -0.3 is 5.32 Å². The predicted octanol–water partition coefficient (Wildman–Crippen LogP) is 2.73. The molecular formula is C16H23N3O2. The van der Waals surface area contributed by atoms with Crippen molar-refractivity contribution in [2.75, 3.05) is 26.2 Å².